The molecule has 1 aliphatic rings. The maximum atomic E-state index is 12.7. The molecule has 1 saturated heterocycles. The molecule has 2 aromatic carbocycles. The zero-order valence-corrected chi connectivity index (χ0v) is 16.1. The third-order valence-corrected chi connectivity index (χ3v) is 6.49. The minimum atomic E-state index is -4.44. The van der Waals surface area contributed by atoms with Crippen LogP contribution in [0.5, 0.6) is 5.75 Å². The average molecular weight is 428 g/mol. The molecule has 0 radical (unpaired) electrons. The van der Waals surface area contributed by atoms with Gasteiger partial charge < -0.3 is 10.5 Å². The number of carbonyl (C=O) groups excluding carboxylic acids is 1. The molecule has 1 heterocycles. The van der Waals surface area contributed by atoms with Crippen molar-refractivity contribution in [2.75, 3.05) is 13.1 Å². The van der Waals surface area contributed by atoms with Gasteiger partial charge in [-0.3, -0.25) is 4.79 Å². The van der Waals surface area contributed by atoms with Gasteiger partial charge in [0.1, 0.15) is 12.4 Å². The number of carbonyl (C=O) groups is 1. The van der Waals surface area contributed by atoms with Crippen LogP contribution in [0.2, 0.25) is 0 Å². The summed E-state index contributed by atoms with van der Waals surface area (Å²) >= 11 is 0. The normalized spacial score (nSPS) is 15.4. The van der Waals surface area contributed by atoms with Crippen molar-refractivity contribution in [3.8, 4) is 5.75 Å². The first-order chi connectivity index (χ1) is 13.6. The fourth-order valence-corrected chi connectivity index (χ4v) is 4.56. The van der Waals surface area contributed by atoms with E-state index in [9.17, 15) is 26.4 Å². The fraction of sp³-hybridized carbons (Fsp3) is 0.316. The molecule has 0 spiro atoms. The zero-order valence-electron chi connectivity index (χ0n) is 15.3. The van der Waals surface area contributed by atoms with Crippen molar-refractivity contribution >= 4 is 15.9 Å². The third-order valence-electron chi connectivity index (χ3n) is 4.59. The van der Waals surface area contributed by atoms with E-state index in [0.717, 1.165) is 31.0 Å². The second kappa shape index (κ2) is 8.03. The van der Waals surface area contributed by atoms with Gasteiger partial charge in [-0.15, -0.1) is 0 Å². The molecule has 0 saturated carbocycles. The second-order valence-corrected chi connectivity index (χ2v) is 8.55. The molecule has 2 aromatic rings. The summed E-state index contributed by atoms with van der Waals surface area (Å²) in [5.41, 5.74) is 4.92. The van der Waals surface area contributed by atoms with Crippen LogP contribution < -0.4 is 10.5 Å². The highest BCUT2D eigenvalue weighted by Gasteiger charge is 2.30. The molecule has 0 aliphatic carbocycles. The molecule has 1 fully saturated rings. The van der Waals surface area contributed by atoms with Gasteiger partial charge in [0, 0.05) is 13.1 Å². The van der Waals surface area contributed by atoms with Crippen molar-refractivity contribution in [1.29, 1.82) is 0 Å². The lowest BCUT2D eigenvalue weighted by Gasteiger charge is -2.17. The third kappa shape index (κ3) is 4.70. The van der Waals surface area contributed by atoms with E-state index < -0.39 is 27.7 Å². The smallest absolute Gasteiger partial charge is 0.416 e. The summed E-state index contributed by atoms with van der Waals surface area (Å²) in [5, 5.41) is 0. The quantitative estimate of drug-likeness (QED) is 0.765. The van der Waals surface area contributed by atoms with Crippen LogP contribution in [0.4, 0.5) is 13.2 Å². The summed E-state index contributed by atoms with van der Waals surface area (Å²) in [5.74, 6) is -0.816. The van der Waals surface area contributed by atoms with Gasteiger partial charge >= 0.3 is 6.18 Å². The van der Waals surface area contributed by atoms with Gasteiger partial charge in [-0.2, -0.15) is 17.5 Å². The van der Waals surface area contributed by atoms with Crippen LogP contribution in [-0.2, 0) is 22.8 Å². The van der Waals surface area contributed by atoms with Crippen LogP contribution >= 0.6 is 0 Å². The van der Waals surface area contributed by atoms with Gasteiger partial charge in [-0.25, -0.2) is 8.42 Å². The first-order valence-corrected chi connectivity index (χ1v) is 10.3. The Bertz CT molecular complexity index is 999. The van der Waals surface area contributed by atoms with Crippen molar-refractivity contribution < 1.29 is 31.1 Å². The van der Waals surface area contributed by atoms with Gasteiger partial charge in [0.05, 0.1) is 16.0 Å². The van der Waals surface area contributed by atoms with Crippen molar-refractivity contribution in [1.82, 2.24) is 4.31 Å². The van der Waals surface area contributed by atoms with Crippen LogP contribution in [0.25, 0.3) is 0 Å². The molecule has 1 amide bonds. The summed E-state index contributed by atoms with van der Waals surface area (Å²) in [6.07, 6.45) is -2.89. The van der Waals surface area contributed by atoms with Crippen LogP contribution in [0.15, 0.2) is 47.4 Å². The van der Waals surface area contributed by atoms with E-state index in [1.54, 1.807) is 0 Å². The molecule has 0 bridgehead atoms. The fourth-order valence-electron chi connectivity index (χ4n) is 3.02. The van der Waals surface area contributed by atoms with Crippen molar-refractivity contribution in [2.24, 2.45) is 5.73 Å². The Morgan fingerprint density at radius 3 is 2.24 bits per heavy atom. The molecule has 1 aliphatic heterocycles. The molecule has 3 rings (SSSR count). The Morgan fingerprint density at radius 1 is 1.07 bits per heavy atom. The molecule has 29 heavy (non-hydrogen) atoms. The van der Waals surface area contributed by atoms with Crippen molar-refractivity contribution in [3.05, 3.63) is 59.2 Å². The largest absolute Gasteiger partial charge is 0.488 e. The predicted molar refractivity (Wildman–Crippen MR) is 98.7 cm³/mol. The Labute approximate surface area is 166 Å². The van der Waals surface area contributed by atoms with E-state index in [4.69, 9.17) is 10.5 Å². The van der Waals surface area contributed by atoms with Crippen molar-refractivity contribution in [3.63, 3.8) is 0 Å². The minimum absolute atomic E-state index is 0.0535. The highest BCUT2D eigenvalue weighted by Crippen LogP contribution is 2.30. The predicted octanol–water partition coefficient (Wildman–Crippen LogP) is 3.17. The Hall–Kier alpha value is -2.59. The summed E-state index contributed by atoms with van der Waals surface area (Å²) in [7, 11) is -3.73. The number of primary amides is 1. The SMILES string of the molecule is NC(=O)c1cc(S(=O)(=O)N2CCCC2)ccc1OCc1ccc(C(F)(F)F)cc1. The first kappa shape index (κ1) is 21.1. The number of ether oxygens (including phenoxy) is 1. The Kier molecular flexibility index (Phi) is 5.85. The maximum absolute atomic E-state index is 12.7. The molecule has 0 unspecified atom stereocenters. The van der Waals surface area contributed by atoms with Gasteiger partial charge in [0.15, 0.2) is 0 Å². The van der Waals surface area contributed by atoms with Crippen LogP contribution in [0.1, 0.15) is 34.3 Å². The topological polar surface area (TPSA) is 89.7 Å². The number of alkyl halides is 3. The van der Waals surface area contributed by atoms with E-state index in [1.807, 2.05) is 0 Å². The number of sulfonamides is 1. The van der Waals surface area contributed by atoms with E-state index in [0.29, 0.717) is 18.7 Å². The molecule has 0 aromatic heterocycles. The van der Waals surface area contributed by atoms with E-state index >= 15 is 0 Å². The number of nitrogens with zero attached hydrogens (tertiary/aromatic N) is 1. The van der Waals surface area contributed by atoms with Gasteiger partial charge in [0.25, 0.3) is 5.91 Å². The standard InChI is InChI=1S/C19H19F3N2O4S/c20-19(21,22)14-5-3-13(4-6-14)12-28-17-8-7-15(11-16(17)18(23)25)29(26,27)24-9-1-2-10-24/h3-8,11H,1-2,9-10,12H2,(H2,23,25). The average Bonchev–Trinajstić information content (AvgIpc) is 3.21. The van der Waals surface area contributed by atoms with E-state index in [1.165, 1.54) is 28.6 Å². The summed E-state index contributed by atoms with van der Waals surface area (Å²) in [4.78, 5) is 11.7. The zero-order chi connectivity index (χ0) is 21.2. The molecular weight excluding hydrogens is 409 g/mol. The highest BCUT2D eigenvalue weighted by atomic mass is 32.2. The molecule has 10 heteroatoms. The number of hydrogen-bond donors (Lipinski definition) is 1. The van der Waals surface area contributed by atoms with E-state index in [-0.39, 0.29) is 22.8 Å². The number of rotatable bonds is 6. The number of nitrogens with two attached hydrogens (primary N) is 1. The molecule has 156 valence electrons. The Morgan fingerprint density at radius 2 is 1.69 bits per heavy atom. The maximum Gasteiger partial charge on any atom is 0.416 e. The van der Waals surface area contributed by atoms with E-state index in [2.05, 4.69) is 0 Å². The van der Waals surface area contributed by atoms with Crippen LogP contribution in [0, 0.1) is 0 Å². The monoisotopic (exact) mass is 428 g/mol. The molecule has 0 atom stereocenters. The highest BCUT2D eigenvalue weighted by molar-refractivity contribution is 7.89. The summed E-state index contributed by atoms with van der Waals surface area (Å²) in [6.45, 7) is 0.720. The number of halogens is 3. The molecule has 2 N–H and O–H groups in total. The minimum Gasteiger partial charge on any atom is -0.488 e. The number of benzene rings is 2. The van der Waals surface area contributed by atoms with Crippen molar-refractivity contribution in [2.45, 2.75) is 30.5 Å². The molecule has 6 nitrogen and oxygen atoms in total. The first-order valence-electron chi connectivity index (χ1n) is 8.82. The lowest BCUT2D eigenvalue weighted by atomic mass is 10.1. The van der Waals surface area contributed by atoms with Gasteiger partial charge in [-0.05, 0) is 48.7 Å². The number of hydrogen-bond acceptors (Lipinski definition) is 4. The van der Waals surface area contributed by atoms with Crippen LogP contribution in [0.3, 0.4) is 0 Å². The van der Waals surface area contributed by atoms with Gasteiger partial charge in [-0.1, -0.05) is 12.1 Å². The van der Waals surface area contributed by atoms with Crippen LogP contribution in [-0.4, -0.2) is 31.7 Å². The Balaban J connectivity index is 1.80. The lowest BCUT2D eigenvalue weighted by molar-refractivity contribution is -0.137. The lowest BCUT2D eigenvalue weighted by Crippen LogP contribution is -2.28. The van der Waals surface area contributed by atoms with Gasteiger partial charge in [0.2, 0.25) is 10.0 Å². The molecular formula is C19H19F3N2O4S. The number of amides is 1. The summed E-state index contributed by atoms with van der Waals surface area (Å²) < 4.78 is 70.0. The summed E-state index contributed by atoms with van der Waals surface area (Å²) in [6, 6.07) is 8.20. The second-order valence-electron chi connectivity index (χ2n) is 6.62.